The van der Waals surface area contributed by atoms with E-state index in [4.69, 9.17) is 5.73 Å². The van der Waals surface area contributed by atoms with E-state index in [0.29, 0.717) is 25.1 Å². The van der Waals surface area contributed by atoms with Gasteiger partial charge in [0.05, 0.1) is 18.4 Å². The predicted molar refractivity (Wildman–Crippen MR) is 83.9 cm³/mol. The van der Waals surface area contributed by atoms with E-state index in [-0.39, 0.29) is 11.4 Å². The molecule has 0 radical (unpaired) electrons. The number of nitrogens with one attached hydrogen (secondary N) is 1. The number of anilines is 1. The van der Waals surface area contributed by atoms with Gasteiger partial charge in [-0.2, -0.15) is 5.10 Å². The van der Waals surface area contributed by atoms with Gasteiger partial charge in [0.1, 0.15) is 0 Å². The van der Waals surface area contributed by atoms with Gasteiger partial charge in [-0.05, 0) is 25.8 Å². The molecule has 3 N–H and O–H groups in total. The molecule has 5 heteroatoms. The van der Waals surface area contributed by atoms with Crippen molar-refractivity contribution in [3.63, 3.8) is 0 Å². The number of aromatic nitrogens is 2. The van der Waals surface area contributed by atoms with Crippen LogP contribution in [0.4, 0.5) is 5.69 Å². The van der Waals surface area contributed by atoms with Crippen molar-refractivity contribution in [3.8, 4) is 0 Å². The summed E-state index contributed by atoms with van der Waals surface area (Å²) in [6.45, 7) is 4.52. The van der Waals surface area contributed by atoms with Crippen molar-refractivity contribution in [1.82, 2.24) is 9.78 Å². The number of carbonyl (C=O) groups is 1. The molecule has 1 heterocycles. The zero-order valence-corrected chi connectivity index (χ0v) is 12.5. The molecular formula is C16H22N4O. The lowest BCUT2D eigenvalue weighted by molar-refractivity contribution is -0.116. The number of nitrogens with zero attached hydrogens (tertiary/aromatic N) is 2. The van der Waals surface area contributed by atoms with E-state index >= 15 is 0 Å². The molecule has 0 aliphatic carbocycles. The van der Waals surface area contributed by atoms with Gasteiger partial charge in [0.2, 0.25) is 5.91 Å². The van der Waals surface area contributed by atoms with Crippen molar-refractivity contribution >= 4 is 11.6 Å². The van der Waals surface area contributed by atoms with Crippen LogP contribution < -0.4 is 11.1 Å². The molecule has 21 heavy (non-hydrogen) atoms. The molecule has 0 aliphatic heterocycles. The smallest absolute Gasteiger partial charge is 0.224 e. The lowest BCUT2D eigenvalue weighted by Crippen LogP contribution is -2.33. The van der Waals surface area contributed by atoms with Crippen LogP contribution in [0.1, 0.15) is 32.3 Å². The van der Waals surface area contributed by atoms with Crippen molar-refractivity contribution < 1.29 is 4.79 Å². The Balaban J connectivity index is 1.87. The van der Waals surface area contributed by atoms with E-state index in [0.717, 1.165) is 0 Å². The van der Waals surface area contributed by atoms with Crippen LogP contribution in [0.2, 0.25) is 0 Å². The van der Waals surface area contributed by atoms with Crippen LogP contribution in [0.3, 0.4) is 0 Å². The van der Waals surface area contributed by atoms with E-state index < -0.39 is 0 Å². The number of amides is 1. The zero-order valence-electron chi connectivity index (χ0n) is 12.5. The molecule has 0 aliphatic rings. The highest BCUT2D eigenvalue weighted by atomic mass is 16.1. The van der Waals surface area contributed by atoms with E-state index in [1.165, 1.54) is 5.56 Å². The highest BCUT2D eigenvalue weighted by Crippen LogP contribution is 2.11. The summed E-state index contributed by atoms with van der Waals surface area (Å²) >= 11 is 0. The first-order valence-corrected chi connectivity index (χ1v) is 7.07. The summed E-state index contributed by atoms with van der Waals surface area (Å²) in [5.74, 6) is -0.0345. The fraction of sp³-hybridized carbons (Fsp3) is 0.375. The second-order valence-corrected chi connectivity index (χ2v) is 5.95. The maximum absolute atomic E-state index is 11.8. The number of hydrogen-bond donors (Lipinski definition) is 2. The van der Waals surface area contributed by atoms with Crippen LogP contribution in [0.5, 0.6) is 0 Å². The standard InChI is InChI=1S/C16H22N4O/c1-16(2,17)9-8-15(21)19-14-10-18-20(12-14)11-13-6-4-3-5-7-13/h3-7,10,12H,8-9,11,17H2,1-2H3,(H,19,21). The molecule has 112 valence electrons. The average Bonchev–Trinajstić information content (AvgIpc) is 2.84. The average molecular weight is 286 g/mol. The second-order valence-electron chi connectivity index (χ2n) is 5.95. The predicted octanol–water partition coefficient (Wildman–Crippen LogP) is 2.39. The number of hydrogen-bond acceptors (Lipinski definition) is 3. The van der Waals surface area contributed by atoms with Gasteiger partial charge in [-0.15, -0.1) is 0 Å². The zero-order chi connectivity index (χ0) is 15.3. The SMILES string of the molecule is CC(C)(N)CCC(=O)Nc1cnn(Cc2ccccc2)c1. The summed E-state index contributed by atoms with van der Waals surface area (Å²) in [7, 11) is 0. The highest BCUT2D eigenvalue weighted by Gasteiger charge is 2.13. The fourth-order valence-corrected chi connectivity index (χ4v) is 1.94. The van der Waals surface area contributed by atoms with E-state index in [9.17, 15) is 4.79 Å². The minimum atomic E-state index is -0.325. The second kappa shape index (κ2) is 6.54. The van der Waals surface area contributed by atoms with E-state index in [1.807, 2.05) is 50.4 Å². The Labute approximate surface area is 125 Å². The van der Waals surface area contributed by atoms with Crippen LogP contribution in [0, 0.1) is 0 Å². The monoisotopic (exact) mass is 286 g/mol. The third-order valence-corrected chi connectivity index (χ3v) is 3.10. The molecule has 0 spiro atoms. The maximum Gasteiger partial charge on any atom is 0.224 e. The molecule has 1 aromatic heterocycles. The quantitative estimate of drug-likeness (QED) is 0.856. The Bertz CT molecular complexity index is 584. The van der Waals surface area contributed by atoms with Crippen molar-refractivity contribution in [3.05, 3.63) is 48.3 Å². The summed E-state index contributed by atoms with van der Waals surface area (Å²) < 4.78 is 1.80. The maximum atomic E-state index is 11.8. The summed E-state index contributed by atoms with van der Waals surface area (Å²) in [4.78, 5) is 11.8. The summed E-state index contributed by atoms with van der Waals surface area (Å²) in [6.07, 6.45) is 4.55. The van der Waals surface area contributed by atoms with Crippen LogP contribution >= 0.6 is 0 Å². The molecular weight excluding hydrogens is 264 g/mol. The van der Waals surface area contributed by atoms with Gasteiger partial charge in [-0.25, -0.2) is 0 Å². The molecule has 0 saturated carbocycles. The molecule has 0 saturated heterocycles. The number of carbonyl (C=O) groups excluding carboxylic acids is 1. The van der Waals surface area contributed by atoms with Gasteiger partial charge in [0.25, 0.3) is 0 Å². The largest absolute Gasteiger partial charge is 0.326 e. The Morgan fingerprint density at radius 1 is 1.33 bits per heavy atom. The Morgan fingerprint density at radius 2 is 2.05 bits per heavy atom. The summed E-state index contributed by atoms with van der Waals surface area (Å²) in [5, 5.41) is 7.09. The molecule has 0 atom stereocenters. The first-order chi connectivity index (χ1) is 9.92. The minimum Gasteiger partial charge on any atom is -0.326 e. The van der Waals surface area contributed by atoms with Gasteiger partial charge < -0.3 is 11.1 Å². The molecule has 0 fully saturated rings. The highest BCUT2D eigenvalue weighted by molar-refractivity contribution is 5.90. The Hall–Kier alpha value is -2.14. The first kappa shape index (κ1) is 15.3. The van der Waals surface area contributed by atoms with Crippen LogP contribution in [0.25, 0.3) is 0 Å². The molecule has 5 nitrogen and oxygen atoms in total. The first-order valence-electron chi connectivity index (χ1n) is 7.07. The van der Waals surface area contributed by atoms with Gasteiger partial charge in [-0.1, -0.05) is 30.3 Å². The van der Waals surface area contributed by atoms with Crippen molar-refractivity contribution in [2.75, 3.05) is 5.32 Å². The van der Waals surface area contributed by atoms with Gasteiger partial charge in [0, 0.05) is 18.2 Å². The summed E-state index contributed by atoms with van der Waals surface area (Å²) in [5.41, 5.74) is 7.43. The number of nitrogens with two attached hydrogens (primary N) is 1. The van der Waals surface area contributed by atoms with Crippen LogP contribution in [-0.4, -0.2) is 21.2 Å². The van der Waals surface area contributed by atoms with Crippen molar-refractivity contribution in [2.45, 2.75) is 38.8 Å². The Kier molecular flexibility index (Phi) is 4.75. The molecule has 2 aromatic rings. The number of rotatable bonds is 6. The lowest BCUT2D eigenvalue weighted by Gasteiger charge is -2.17. The molecule has 0 bridgehead atoms. The number of benzene rings is 1. The van der Waals surface area contributed by atoms with E-state index in [2.05, 4.69) is 10.4 Å². The van der Waals surface area contributed by atoms with Crippen molar-refractivity contribution in [1.29, 1.82) is 0 Å². The van der Waals surface area contributed by atoms with Crippen LogP contribution in [0.15, 0.2) is 42.7 Å². The van der Waals surface area contributed by atoms with Crippen LogP contribution in [-0.2, 0) is 11.3 Å². The Morgan fingerprint density at radius 3 is 2.71 bits per heavy atom. The van der Waals surface area contributed by atoms with Crippen molar-refractivity contribution in [2.24, 2.45) is 5.73 Å². The fourth-order valence-electron chi connectivity index (χ4n) is 1.94. The third kappa shape index (κ3) is 5.39. The minimum absolute atomic E-state index is 0.0345. The van der Waals surface area contributed by atoms with Gasteiger partial charge >= 0.3 is 0 Å². The summed E-state index contributed by atoms with van der Waals surface area (Å²) in [6, 6.07) is 10.1. The molecule has 1 amide bonds. The molecule has 1 aromatic carbocycles. The molecule has 2 rings (SSSR count). The lowest BCUT2D eigenvalue weighted by atomic mass is 10.00. The van der Waals surface area contributed by atoms with Gasteiger partial charge in [0.15, 0.2) is 0 Å². The van der Waals surface area contributed by atoms with Gasteiger partial charge in [-0.3, -0.25) is 9.48 Å². The van der Waals surface area contributed by atoms with E-state index in [1.54, 1.807) is 10.9 Å². The molecule has 0 unspecified atom stereocenters. The normalized spacial score (nSPS) is 11.4. The third-order valence-electron chi connectivity index (χ3n) is 3.10. The topological polar surface area (TPSA) is 72.9 Å².